The summed E-state index contributed by atoms with van der Waals surface area (Å²) in [7, 11) is 0. The summed E-state index contributed by atoms with van der Waals surface area (Å²) in [6.07, 6.45) is 2.94. The first-order valence-corrected chi connectivity index (χ1v) is 6.89. The van der Waals surface area contributed by atoms with Crippen LogP contribution in [0.3, 0.4) is 0 Å². The molecule has 0 bridgehead atoms. The van der Waals surface area contributed by atoms with Crippen LogP contribution in [0.15, 0.2) is 36.4 Å². The number of benzene rings is 1. The Morgan fingerprint density at radius 1 is 1.35 bits per heavy atom. The van der Waals surface area contributed by atoms with Gasteiger partial charge < -0.3 is 0 Å². The molecule has 0 fully saturated rings. The van der Waals surface area contributed by atoms with Crippen molar-refractivity contribution >= 4 is 40.5 Å². The molecule has 4 nitrogen and oxygen atoms in total. The van der Waals surface area contributed by atoms with E-state index in [0.29, 0.717) is 20.3 Å². The summed E-state index contributed by atoms with van der Waals surface area (Å²) in [5, 5.41) is 10.8. The van der Waals surface area contributed by atoms with Gasteiger partial charge >= 0.3 is 0 Å². The lowest BCUT2D eigenvalue weighted by Crippen LogP contribution is -1.92. The number of ketones is 1. The Bertz CT molecular complexity index is 706. The fourth-order valence-corrected chi connectivity index (χ4v) is 2.59. The number of aryl methyl sites for hydroxylation is 1. The van der Waals surface area contributed by atoms with Gasteiger partial charge in [-0.15, -0.1) is 11.3 Å². The topological polar surface area (TPSA) is 60.2 Å². The summed E-state index contributed by atoms with van der Waals surface area (Å²) in [4.78, 5) is 22.8. The number of thiophene rings is 1. The predicted molar refractivity (Wildman–Crippen MR) is 80.5 cm³/mol. The minimum atomic E-state index is -0.437. The molecule has 0 saturated carbocycles. The monoisotopic (exact) mass is 307 g/mol. The molecule has 0 radical (unpaired) electrons. The lowest BCUT2D eigenvalue weighted by atomic mass is 10.1. The van der Waals surface area contributed by atoms with Gasteiger partial charge in [-0.25, -0.2) is 0 Å². The second-order valence-corrected chi connectivity index (χ2v) is 5.82. The van der Waals surface area contributed by atoms with Gasteiger partial charge in [-0.2, -0.15) is 0 Å². The van der Waals surface area contributed by atoms with Gasteiger partial charge in [-0.3, -0.25) is 14.9 Å². The van der Waals surface area contributed by atoms with E-state index in [1.807, 2.05) is 0 Å². The zero-order chi connectivity index (χ0) is 14.7. The molecule has 20 heavy (non-hydrogen) atoms. The van der Waals surface area contributed by atoms with Gasteiger partial charge in [0.1, 0.15) is 0 Å². The number of carbonyl (C=O) groups is 1. The van der Waals surface area contributed by atoms with Crippen molar-refractivity contribution in [2.75, 3.05) is 0 Å². The summed E-state index contributed by atoms with van der Waals surface area (Å²) in [5.41, 5.74) is 1.24. The molecule has 1 aromatic heterocycles. The highest BCUT2D eigenvalue weighted by molar-refractivity contribution is 7.18. The largest absolute Gasteiger partial charge is 0.288 e. The van der Waals surface area contributed by atoms with Crippen molar-refractivity contribution in [1.29, 1.82) is 0 Å². The number of nitro benzene ring substituents is 1. The van der Waals surface area contributed by atoms with E-state index < -0.39 is 4.92 Å². The highest BCUT2D eigenvalue weighted by atomic mass is 35.5. The van der Waals surface area contributed by atoms with E-state index in [4.69, 9.17) is 11.6 Å². The van der Waals surface area contributed by atoms with Crippen LogP contribution in [0.2, 0.25) is 4.34 Å². The Hall–Kier alpha value is -1.98. The number of hydrogen-bond donors (Lipinski definition) is 0. The Balaban J connectivity index is 2.21. The van der Waals surface area contributed by atoms with E-state index in [0.717, 1.165) is 0 Å². The van der Waals surface area contributed by atoms with Gasteiger partial charge in [0, 0.05) is 11.6 Å². The molecule has 0 unspecified atom stereocenters. The molecule has 1 heterocycles. The van der Waals surface area contributed by atoms with Gasteiger partial charge in [0.2, 0.25) is 0 Å². The highest BCUT2D eigenvalue weighted by Crippen LogP contribution is 2.23. The van der Waals surface area contributed by atoms with E-state index in [1.54, 1.807) is 37.3 Å². The van der Waals surface area contributed by atoms with Crippen LogP contribution in [0.4, 0.5) is 5.69 Å². The van der Waals surface area contributed by atoms with Gasteiger partial charge in [0.05, 0.1) is 14.1 Å². The van der Waals surface area contributed by atoms with Crippen LogP contribution in [0, 0.1) is 17.0 Å². The van der Waals surface area contributed by atoms with E-state index in [-0.39, 0.29) is 11.5 Å². The summed E-state index contributed by atoms with van der Waals surface area (Å²) in [6.45, 7) is 1.67. The molecule has 102 valence electrons. The summed E-state index contributed by atoms with van der Waals surface area (Å²) in [6, 6.07) is 8.14. The van der Waals surface area contributed by atoms with Crippen LogP contribution >= 0.6 is 22.9 Å². The van der Waals surface area contributed by atoms with Crippen molar-refractivity contribution in [2.24, 2.45) is 0 Å². The van der Waals surface area contributed by atoms with Crippen LogP contribution < -0.4 is 0 Å². The van der Waals surface area contributed by atoms with Crippen molar-refractivity contribution in [3.8, 4) is 0 Å². The third kappa shape index (κ3) is 3.31. The molecule has 0 amide bonds. The SMILES string of the molecule is Cc1ccc(/C=C/C(=O)c2ccc(Cl)s2)cc1[N+](=O)[O-]. The Kier molecular flexibility index (Phi) is 4.32. The van der Waals surface area contributed by atoms with E-state index in [9.17, 15) is 14.9 Å². The summed E-state index contributed by atoms with van der Waals surface area (Å²) < 4.78 is 0.549. The second-order valence-electron chi connectivity index (χ2n) is 4.10. The number of allylic oxidation sites excluding steroid dienone is 1. The summed E-state index contributed by atoms with van der Waals surface area (Å²) in [5.74, 6) is -0.176. The van der Waals surface area contributed by atoms with E-state index in [2.05, 4.69) is 0 Å². The first kappa shape index (κ1) is 14.4. The first-order chi connectivity index (χ1) is 9.47. The minimum Gasteiger partial charge on any atom is -0.288 e. The highest BCUT2D eigenvalue weighted by Gasteiger charge is 2.10. The molecule has 2 rings (SSSR count). The number of nitrogens with zero attached hydrogens (tertiary/aromatic N) is 1. The molecule has 1 aromatic carbocycles. The quantitative estimate of drug-likeness (QED) is 0.361. The number of halogens is 1. The Morgan fingerprint density at radius 2 is 2.10 bits per heavy atom. The molecule has 0 aliphatic rings. The molecule has 2 aromatic rings. The maximum Gasteiger partial charge on any atom is 0.272 e. The molecule has 0 saturated heterocycles. The molecule has 0 atom stereocenters. The van der Waals surface area contributed by atoms with Crippen LogP contribution in [-0.4, -0.2) is 10.7 Å². The number of carbonyl (C=O) groups excluding carboxylic acids is 1. The predicted octanol–water partition coefficient (Wildman–Crippen LogP) is 4.51. The minimum absolute atomic E-state index is 0.0405. The normalized spacial score (nSPS) is 10.9. The number of rotatable bonds is 4. The molecule has 0 N–H and O–H groups in total. The van der Waals surface area contributed by atoms with Gasteiger partial charge in [0.25, 0.3) is 5.69 Å². The zero-order valence-electron chi connectivity index (χ0n) is 10.5. The molecule has 0 spiro atoms. The number of nitro groups is 1. The molecular weight excluding hydrogens is 298 g/mol. The molecular formula is C14H10ClNO3S. The smallest absolute Gasteiger partial charge is 0.272 e. The van der Waals surface area contributed by atoms with Gasteiger partial charge in [-0.1, -0.05) is 29.8 Å². The van der Waals surface area contributed by atoms with Crippen molar-refractivity contribution < 1.29 is 9.72 Å². The van der Waals surface area contributed by atoms with E-state index in [1.165, 1.54) is 23.5 Å². The second kappa shape index (κ2) is 5.98. The average Bonchev–Trinajstić information content (AvgIpc) is 2.84. The third-order valence-corrected chi connectivity index (χ3v) is 3.92. The standard InChI is InChI=1S/C14H10ClNO3S/c1-9-2-3-10(8-11(9)16(18)19)4-5-12(17)13-6-7-14(15)20-13/h2-8H,1H3/b5-4+. The number of hydrogen-bond acceptors (Lipinski definition) is 4. The van der Waals surface area contributed by atoms with Gasteiger partial charge in [-0.05, 0) is 30.7 Å². The molecule has 0 aliphatic carbocycles. The van der Waals surface area contributed by atoms with Crippen LogP contribution in [0.1, 0.15) is 20.8 Å². The van der Waals surface area contributed by atoms with Crippen molar-refractivity contribution in [3.63, 3.8) is 0 Å². The lowest BCUT2D eigenvalue weighted by Gasteiger charge is -1.98. The van der Waals surface area contributed by atoms with Gasteiger partial charge in [0.15, 0.2) is 5.78 Å². The lowest BCUT2D eigenvalue weighted by molar-refractivity contribution is -0.385. The van der Waals surface area contributed by atoms with Crippen LogP contribution in [0.25, 0.3) is 6.08 Å². The van der Waals surface area contributed by atoms with E-state index >= 15 is 0 Å². The van der Waals surface area contributed by atoms with Crippen molar-refractivity contribution in [2.45, 2.75) is 6.92 Å². The molecule has 6 heteroatoms. The first-order valence-electron chi connectivity index (χ1n) is 5.70. The third-order valence-electron chi connectivity index (χ3n) is 2.67. The van der Waals surface area contributed by atoms with Crippen molar-refractivity contribution in [3.05, 3.63) is 66.9 Å². The fraction of sp³-hybridized carbons (Fsp3) is 0.0714. The molecule has 0 aliphatic heterocycles. The Morgan fingerprint density at radius 3 is 2.70 bits per heavy atom. The maximum atomic E-state index is 11.8. The summed E-state index contributed by atoms with van der Waals surface area (Å²) >= 11 is 6.96. The maximum absolute atomic E-state index is 11.8. The zero-order valence-corrected chi connectivity index (χ0v) is 12.1. The van der Waals surface area contributed by atoms with Crippen LogP contribution in [-0.2, 0) is 0 Å². The van der Waals surface area contributed by atoms with Crippen LogP contribution in [0.5, 0.6) is 0 Å². The fourth-order valence-electron chi connectivity index (χ4n) is 1.63. The Labute approximate surface area is 124 Å². The van der Waals surface area contributed by atoms with Crippen molar-refractivity contribution in [1.82, 2.24) is 0 Å². The average molecular weight is 308 g/mol.